The largest absolute Gasteiger partial charge is 0.465 e. The van der Waals surface area contributed by atoms with Crippen molar-refractivity contribution in [2.75, 3.05) is 13.1 Å². The maximum atomic E-state index is 12.4. The molecule has 0 radical (unpaired) electrons. The van der Waals surface area contributed by atoms with Gasteiger partial charge in [-0.1, -0.05) is 30.3 Å². The van der Waals surface area contributed by atoms with E-state index >= 15 is 0 Å². The first-order chi connectivity index (χ1) is 14.1. The number of rotatable bonds is 2. The van der Waals surface area contributed by atoms with Crippen LogP contribution in [0.3, 0.4) is 0 Å². The molecule has 1 amide bonds. The Bertz CT molecular complexity index is 1270. The van der Waals surface area contributed by atoms with E-state index in [0.717, 1.165) is 22.2 Å². The molecule has 1 aliphatic rings. The number of H-pyrrole nitrogens is 1. The zero-order chi connectivity index (χ0) is 20.0. The second-order valence-corrected chi connectivity index (χ2v) is 7.32. The highest BCUT2D eigenvalue weighted by Crippen LogP contribution is 2.30. The van der Waals surface area contributed by atoms with Gasteiger partial charge in [0.15, 0.2) is 5.65 Å². The third-order valence-electron chi connectivity index (χ3n) is 5.58. The van der Waals surface area contributed by atoms with Crippen molar-refractivity contribution in [1.82, 2.24) is 24.5 Å². The fraction of sp³-hybridized carbons (Fsp3) is 0.238. The fourth-order valence-corrected chi connectivity index (χ4v) is 4.07. The van der Waals surface area contributed by atoms with Crippen LogP contribution in [0.4, 0.5) is 4.79 Å². The standard InChI is InChI=1S/C21H19N5O3/c27-18-11-17(14-6-8-25(9-7-14)21(28)29)26-20(23-18)16-10-15(12-22-19(16)24-26)13-4-2-1-3-5-13/h1-5,10-12,14H,6-9H2,(H,23,27)(H,28,29). The van der Waals surface area contributed by atoms with Crippen LogP contribution >= 0.6 is 0 Å². The molecule has 0 spiro atoms. The Morgan fingerprint density at radius 2 is 1.86 bits per heavy atom. The molecule has 1 fully saturated rings. The summed E-state index contributed by atoms with van der Waals surface area (Å²) in [7, 11) is 0. The smallest absolute Gasteiger partial charge is 0.407 e. The molecule has 3 aromatic heterocycles. The van der Waals surface area contributed by atoms with Gasteiger partial charge in [-0.3, -0.25) is 4.79 Å². The summed E-state index contributed by atoms with van der Waals surface area (Å²) in [6.45, 7) is 0.900. The zero-order valence-corrected chi connectivity index (χ0v) is 15.6. The van der Waals surface area contributed by atoms with Gasteiger partial charge in [0, 0.05) is 36.8 Å². The van der Waals surface area contributed by atoms with Crippen LogP contribution in [0.1, 0.15) is 24.5 Å². The highest BCUT2D eigenvalue weighted by atomic mass is 16.4. The summed E-state index contributed by atoms with van der Waals surface area (Å²) in [5.41, 5.74) is 3.78. The normalized spacial score (nSPS) is 15.2. The van der Waals surface area contributed by atoms with Crippen molar-refractivity contribution in [1.29, 1.82) is 0 Å². The van der Waals surface area contributed by atoms with E-state index in [9.17, 15) is 14.7 Å². The van der Waals surface area contributed by atoms with Gasteiger partial charge in [0.1, 0.15) is 5.65 Å². The van der Waals surface area contributed by atoms with Crippen molar-refractivity contribution in [3.05, 3.63) is 64.7 Å². The van der Waals surface area contributed by atoms with Crippen molar-refractivity contribution in [3.63, 3.8) is 0 Å². The molecule has 0 atom stereocenters. The Labute approximate surface area is 165 Å². The van der Waals surface area contributed by atoms with E-state index in [1.54, 1.807) is 16.8 Å². The van der Waals surface area contributed by atoms with Crippen LogP contribution in [0.15, 0.2) is 53.5 Å². The van der Waals surface area contributed by atoms with Gasteiger partial charge in [0.05, 0.1) is 11.1 Å². The van der Waals surface area contributed by atoms with Crippen molar-refractivity contribution >= 4 is 22.8 Å². The van der Waals surface area contributed by atoms with Crippen LogP contribution in [0.5, 0.6) is 0 Å². The van der Waals surface area contributed by atoms with Crippen molar-refractivity contribution in [2.45, 2.75) is 18.8 Å². The van der Waals surface area contributed by atoms with Crippen LogP contribution in [-0.4, -0.2) is 48.8 Å². The summed E-state index contributed by atoms with van der Waals surface area (Å²) >= 11 is 0. The van der Waals surface area contributed by atoms with Crippen molar-refractivity contribution < 1.29 is 9.90 Å². The van der Waals surface area contributed by atoms with Gasteiger partial charge in [-0.15, -0.1) is 5.10 Å². The lowest BCUT2D eigenvalue weighted by atomic mass is 9.93. The Balaban J connectivity index is 1.61. The fourth-order valence-electron chi connectivity index (χ4n) is 4.07. The SMILES string of the molecule is O=C(O)N1CCC(c2cc(=O)[nH]c3c4cc(-c5ccccc5)cnc4nn23)CC1. The highest BCUT2D eigenvalue weighted by molar-refractivity contribution is 5.92. The van der Waals surface area contributed by atoms with E-state index in [0.29, 0.717) is 37.2 Å². The number of pyridine rings is 1. The number of hydrogen-bond acceptors (Lipinski definition) is 4. The van der Waals surface area contributed by atoms with E-state index in [-0.39, 0.29) is 11.5 Å². The van der Waals surface area contributed by atoms with E-state index in [4.69, 9.17) is 0 Å². The average molecular weight is 389 g/mol. The minimum atomic E-state index is -0.901. The topological polar surface area (TPSA) is 104 Å². The van der Waals surface area contributed by atoms with Crippen molar-refractivity contribution in [3.8, 4) is 11.1 Å². The first-order valence-electron chi connectivity index (χ1n) is 9.55. The highest BCUT2D eigenvalue weighted by Gasteiger charge is 2.26. The molecule has 0 bridgehead atoms. The molecule has 2 N–H and O–H groups in total. The number of aromatic amines is 1. The molecular formula is C21H19N5O3. The molecule has 8 heteroatoms. The monoisotopic (exact) mass is 389 g/mol. The first-order valence-corrected chi connectivity index (χ1v) is 9.55. The Hall–Kier alpha value is -3.68. The number of aromatic nitrogens is 4. The first kappa shape index (κ1) is 17.4. The van der Waals surface area contributed by atoms with Crippen LogP contribution in [0, 0.1) is 0 Å². The number of carbonyl (C=O) groups is 1. The molecule has 4 heterocycles. The molecule has 146 valence electrons. The van der Waals surface area contributed by atoms with E-state index in [1.807, 2.05) is 36.4 Å². The summed E-state index contributed by atoms with van der Waals surface area (Å²) < 4.78 is 1.76. The maximum Gasteiger partial charge on any atom is 0.407 e. The number of likely N-dealkylation sites (tertiary alicyclic amines) is 1. The second kappa shape index (κ2) is 6.73. The lowest BCUT2D eigenvalue weighted by Gasteiger charge is -2.30. The van der Waals surface area contributed by atoms with Crippen molar-refractivity contribution in [2.24, 2.45) is 0 Å². The van der Waals surface area contributed by atoms with Crippen LogP contribution in [0.25, 0.3) is 27.8 Å². The minimum absolute atomic E-state index is 0.0679. The van der Waals surface area contributed by atoms with Crippen LogP contribution < -0.4 is 5.56 Å². The maximum absolute atomic E-state index is 12.4. The Morgan fingerprint density at radius 3 is 2.59 bits per heavy atom. The summed E-state index contributed by atoms with van der Waals surface area (Å²) in [4.78, 5) is 32.4. The zero-order valence-electron chi connectivity index (χ0n) is 15.6. The predicted molar refractivity (Wildman–Crippen MR) is 108 cm³/mol. The molecule has 8 nitrogen and oxygen atoms in total. The quantitative estimate of drug-likeness (QED) is 0.548. The molecule has 0 unspecified atom stereocenters. The van der Waals surface area contributed by atoms with E-state index < -0.39 is 6.09 Å². The number of fused-ring (bicyclic) bond motifs is 3. The summed E-state index contributed by atoms with van der Waals surface area (Å²) in [5, 5.41) is 14.6. The summed E-state index contributed by atoms with van der Waals surface area (Å²) in [6.07, 6.45) is 2.20. The van der Waals surface area contributed by atoms with Gasteiger partial charge < -0.3 is 15.0 Å². The van der Waals surface area contributed by atoms with Gasteiger partial charge >= 0.3 is 6.09 Å². The van der Waals surface area contributed by atoms with Gasteiger partial charge in [-0.2, -0.15) is 0 Å². The Morgan fingerprint density at radius 1 is 1.10 bits per heavy atom. The summed E-state index contributed by atoms with van der Waals surface area (Å²) in [5.74, 6) is 0.0679. The van der Waals surface area contributed by atoms with Crippen LogP contribution in [0.2, 0.25) is 0 Å². The number of nitrogens with zero attached hydrogens (tertiary/aromatic N) is 4. The molecule has 4 aromatic rings. The number of benzene rings is 1. The lowest BCUT2D eigenvalue weighted by molar-refractivity contribution is 0.131. The average Bonchev–Trinajstić information content (AvgIpc) is 3.11. The predicted octanol–water partition coefficient (Wildman–Crippen LogP) is 3.10. The Kier molecular flexibility index (Phi) is 4.04. The second-order valence-electron chi connectivity index (χ2n) is 7.32. The van der Waals surface area contributed by atoms with Gasteiger partial charge in [0.2, 0.25) is 0 Å². The molecule has 5 rings (SSSR count). The third-order valence-corrected chi connectivity index (χ3v) is 5.58. The number of carboxylic acid groups (broad SMARTS) is 1. The van der Waals surface area contributed by atoms with Gasteiger partial charge in [-0.05, 0) is 24.5 Å². The third kappa shape index (κ3) is 3.02. The molecular weight excluding hydrogens is 370 g/mol. The molecule has 1 aliphatic heterocycles. The molecule has 0 saturated carbocycles. The number of amides is 1. The lowest BCUT2D eigenvalue weighted by Crippen LogP contribution is -2.37. The van der Waals surface area contributed by atoms with E-state index in [2.05, 4.69) is 15.1 Å². The molecule has 1 saturated heterocycles. The van der Waals surface area contributed by atoms with E-state index in [1.165, 1.54) is 4.90 Å². The molecule has 29 heavy (non-hydrogen) atoms. The number of nitrogens with one attached hydrogen (secondary N) is 1. The minimum Gasteiger partial charge on any atom is -0.465 e. The number of hydrogen-bond donors (Lipinski definition) is 2. The molecule has 1 aromatic carbocycles. The number of piperidine rings is 1. The molecule has 0 aliphatic carbocycles. The van der Waals surface area contributed by atoms with Gasteiger partial charge in [0.25, 0.3) is 5.56 Å². The van der Waals surface area contributed by atoms with Gasteiger partial charge in [-0.25, -0.2) is 14.3 Å². The van der Waals surface area contributed by atoms with Crippen LogP contribution in [-0.2, 0) is 0 Å². The summed E-state index contributed by atoms with van der Waals surface area (Å²) in [6, 6.07) is 13.5.